The zero-order valence-corrected chi connectivity index (χ0v) is 10.2. The predicted octanol–water partition coefficient (Wildman–Crippen LogP) is 2.78. The molecule has 0 bridgehead atoms. The van der Waals surface area contributed by atoms with Gasteiger partial charge in [0.2, 0.25) is 0 Å². The summed E-state index contributed by atoms with van der Waals surface area (Å²) in [4.78, 5) is 5.34. The van der Waals surface area contributed by atoms with Crippen LogP contribution in [-0.2, 0) is 13.0 Å². The van der Waals surface area contributed by atoms with Gasteiger partial charge in [-0.2, -0.15) is 0 Å². The second-order valence-electron chi connectivity index (χ2n) is 3.77. The molecule has 1 aromatic carbocycles. The number of halogens is 2. The topological polar surface area (TPSA) is 38.9 Å². The molecule has 1 heterocycles. The minimum atomic E-state index is -0.563. The van der Waals surface area contributed by atoms with Crippen molar-refractivity contribution < 1.29 is 8.78 Å². The molecular formula is C12H12F2N2S. The Bertz CT molecular complexity index is 517. The van der Waals surface area contributed by atoms with Crippen LogP contribution in [0.1, 0.15) is 21.1 Å². The van der Waals surface area contributed by atoms with Gasteiger partial charge in [-0.05, 0) is 24.6 Å². The highest BCUT2D eigenvalue weighted by Crippen LogP contribution is 2.21. The Morgan fingerprint density at radius 2 is 1.88 bits per heavy atom. The summed E-state index contributed by atoms with van der Waals surface area (Å²) >= 11 is 1.49. The van der Waals surface area contributed by atoms with Crippen LogP contribution in [0.3, 0.4) is 0 Å². The van der Waals surface area contributed by atoms with Crippen LogP contribution < -0.4 is 5.73 Å². The van der Waals surface area contributed by atoms with Crippen molar-refractivity contribution in [1.82, 2.24) is 4.98 Å². The zero-order valence-electron chi connectivity index (χ0n) is 9.34. The molecule has 2 nitrogen and oxygen atoms in total. The Labute approximate surface area is 102 Å². The molecule has 0 aliphatic carbocycles. The van der Waals surface area contributed by atoms with Crippen LogP contribution in [0.5, 0.6) is 0 Å². The SMILES string of the molecule is Cc1nc(Cc2cc(F)cc(F)c2)sc1CN. The largest absolute Gasteiger partial charge is 0.326 e. The van der Waals surface area contributed by atoms with Crippen molar-refractivity contribution in [3.8, 4) is 0 Å². The molecule has 0 saturated heterocycles. The fourth-order valence-electron chi connectivity index (χ4n) is 1.64. The lowest BCUT2D eigenvalue weighted by molar-refractivity contribution is 0.580. The summed E-state index contributed by atoms with van der Waals surface area (Å²) in [6.45, 7) is 2.33. The van der Waals surface area contributed by atoms with Crippen molar-refractivity contribution >= 4 is 11.3 Å². The number of benzene rings is 1. The lowest BCUT2D eigenvalue weighted by Crippen LogP contribution is -1.94. The summed E-state index contributed by atoms with van der Waals surface area (Å²) in [6, 6.07) is 3.51. The van der Waals surface area contributed by atoms with E-state index in [1.165, 1.54) is 23.5 Å². The highest BCUT2D eigenvalue weighted by atomic mass is 32.1. The lowest BCUT2D eigenvalue weighted by atomic mass is 10.1. The van der Waals surface area contributed by atoms with Gasteiger partial charge >= 0.3 is 0 Å². The van der Waals surface area contributed by atoms with Gasteiger partial charge in [-0.3, -0.25) is 0 Å². The van der Waals surface area contributed by atoms with E-state index in [2.05, 4.69) is 4.98 Å². The average molecular weight is 254 g/mol. The van der Waals surface area contributed by atoms with Crippen LogP contribution in [0.2, 0.25) is 0 Å². The molecule has 0 unspecified atom stereocenters. The molecule has 0 atom stereocenters. The number of aryl methyl sites for hydroxylation is 1. The first kappa shape index (κ1) is 12.1. The van der Waals surface area contributed by atoms with Gasteiger partial charge in [0, 0.05) is 23.9 Å². The maximum absolute atomic E-state index is 13.0. The average Bonchev–Trinajstić information content (AvgIpc) is 2.57. The number of nitrogens with two attached hydrogens (primary N) is 1. The normalized spacial score (nSPS) is 10.8. The molecule has 0 fully saturated rings. The first-order valence-corrected chi connectivity index (χ1v) is 6.00. The Morgan fingerprint density at radius 1 is 1.24 bits per heavy atom. The first-order valence-electron chi connectivity index (χ1n) is 5.18. The van der Waals surface area contributed by atoms with Crippen molar-refractivity contribution in [1.29, 1.82) is 0 Å². The van der Waals surface area contributed by atoms with Crippen molar-refractivity contribution in [3.05, 3.63) is 51.0 Å². The minimum Gasteiger partial charge on any atom is -0.326 e. The van der Waals surface area contributed by atoms with E-state index in [0.29, 0.717) is 18.5 Å². The van der Waals surface area contributed by atoms with E-state index in [1.54, 1.807) is 0 Å². The number of rotatable bonds is 3. The van der Waals surface area contributed by atoms with E-state index in [0.717, 1.165) is 21.6 Å². The Morgan fingerprint density at radius 3 is 2.41 bits per heavy atom. The van der Waals surface area contributed by atoms with E-state index in [4.69, 9.17) is 5.73 Å². The molecule has 2 aromatic rings. The summed E-state index contributed by atoms with van der Waals surface area (Å²) in [7, 11) is 0. The highest BCUT2D eigenvalue weighted by molar-refractivity contribution is 7.11. The summed E-state index contributed by atoms with van der Waals surface area (Å²) in [6.07, 6.45) is 0.431. The number of hydrogen-bond acceptors (Lipinski definition) is 3. The van der Waals surface area contributed by atoms with E-state index in [1.807, 2.05) is 6.92 Å². The zero-order chi connectivity index (χ0) is 12.4. The molecule has 0 aliphatic heterocycles. The maximum atomic E-state index is 13.0. The van der Waals surface area contributed by atoms with Crippen LogP contribution in [0.15, 0.2) is 18.2 Å². The second kappa shape index (κ2) is 4.89. The quantitative estimate of drug-likeness (QED) is 0.914. The van der Waals surface area contributed by atoms with Gasteiger partial charge in [0.25, 0.3) is 0 Å². The van der Waals surface area contributed by atoms with Crippen molar-refractivity contribution in [2.24, 2.45) is 5.73 Å². The number of thiazole rings is 1. The lowest BCUT2D eigenvalue weighted by Gasteiger charge is -1.99. The molecule has 90 valence electrons. The third-order valence-corrected chi connectivity index (χ3v) is 3.58. The first-order chi connectivity index (χ1) is 8.08. The third-order valence-electron chi connectivity index (χ3n) is 2.40. The number of nitrogens with zero attached hydrogens (tertiary/aromatic N) is 1. The van der Waals surface area contributed by atoms with Gasteiger partial charge in [0.15, 0.2) is 0 Å². The number of aromatic nitrogens is 1. The monoisotopic (exact) mass is 254 g/mol. The molecule has 5 heteroatoms. The Kier molecular flexibility index (Phi) is 3.49. The van der Waals surface area contributed by atoms with Gasteiger partial charge < -0.3 is 5.73 Å². The minimum absolute atomic E-state index is 0.431. The van der Waals surface area contributed by atoms with E-state index < -0.39 is 11.6 Å². The fourth-order valence-corrected chi connectivity index (χ4v) is 2.62. The van der Waals surface area contributed by atoms with Crippen LogP contribution in [0.4, 0.5) is 8.78 Å². The van der Waals surface area contributed by atoms with Crippen LogP contribution >= 0.6 is 11.3 Å². The summed E-state index contributed by atoms with van der Waals surface area (Å²) in [5, 5.41) is 0.827. The molecule has 1 aromatic heterocycles. The molecule has 17 heavy (non-hydrogen) atoms. The van der Waals surface area contributed by atoms with Crippen LogP contribution in [0.25, 0.3) is 0 Å². The Balaban J connectivity index is 2.24. The standard InChI is InChI=1S/C12H12F2N2S/c1-7-11(6-15)17-12(16-7)4-8-2-9(13)5-10(14)3-8/h2-3,5H,4,6,15H2,1H3. The van der Waals surface area contributed by atoms with Gasteiger partial charge in [0.05, 0.1) is 10.7 Å². The van der Waals surface area contributed by atoms with Crippen molar-refractivity contribution in [2.45, 2.75) is 19.9 Å². The van der Waals surface area contributed by atoms with Gasteiger partial charge in [0.1, 0.15) is 11.6 Å². The smallest absolute Gasteiger partial charge is 0.126 e. The summed E-state index contributed by atoms with van der Waals surface area (Å²) in [5.74, 6) is -1.13. The molecule has 0 saturated carbocycles. The fraction of sp³-hybridized carbons (Fsp3) is 0.250. The molecule has 0 spiro atoms. The molecule has 0 amide bonds. The Hall–Kier alpha value is -1.33. The van der Waals surface area contributed by atoms with Crippen LogP contribution in [-0.4, -0.2) is 4.98 Å². The van der Waals surface area contributed by atoms with E-state index in [-0.39, 0.29) is 0 Å². The van der Waals surface area contributed by atoms with Crippen LogP contribution in [0, 0.1) is 18.6 Å². The van der Waals surface area contributed by atoms with E-state index >= 15 is 0 Å². The third kappa shape index (κ3) is 2.87. The maximum Gasteiger partial charge on any atom is 0.126 e. The molecule has 2 rings (SSSR count). The van der Waals surface area contributed by atoms with Crippen molar-refractivity contribution in [2.75, 3.05) is 0 Å². The number of hydrogen-bond donors (Lipinski definition) is 1. The van der Waals surface area contributed by atoms with Crippen molar-refractivity contribution in [3.63, 3.8) is 0 Å². The molecule has 0 aliphatic rings. The molecular weight excluding hydrogens is 242 g/mol. The summed E-state index contributed by atoms with van der Waals surface area (Å²) in [5.41, 5.74) is 7.03. The van der Waals surface area contributed by atoms with E-state index in [9.17, 15) is 8.78 Å². The highest BCUT2D eigenvalue weighted by Gasteiger charge is 2.08. The second-order valence-corrected chi connectivity index (χ2v) is 4.94. The molecule has 2 N–H and O–H groups in total. The van der Waals surface area contributed by atoms with Gasteiger partial charge in [-0.15, -0.1) is 11.3 Å². The van der Waals surface area contributed by atoms with Gasteiger partial charge in [-0.1, -0.05) is 0 Å². The predicted molar refractivity (Wildman–Crippen MR) is 63.9 cm³/mol. The summed E-state index contributed by atoms with van der Waals surface area (Å²) < 4.78 is 26.0. The van der Waals surface area contributed by atoms with Gasteiger partial charge in [-0.25, -0.2) is 13.8 Å². The molecule has 0 radical (unpaired) electrons.